The van der Waals surface area contributed by atoms with Crippen LogP contribution in [0.1, 0.15) is 26.2 Å². The quantitative estimate of drug-likeness (QED) is 0.649. The van der Waals surface area contributed by atoms with Crippen LogP contribution in [0.15, 0.2) is 0 Å². The van der Waals surface area contributed by atoms with Crippen molar-refractivity contribution in [3.05, 3.63) is 0 Å². The Hall–Kier alpha value is -1.39. The van der Waals surface area contributed by atoms with Gasteiger partial charge in [0.2, 0.25) is 5.91 Å². The highest BCUT2D eigenvalue weighted by Gasteiger charge is 2.35. The van der Waals surface area contributed by atoms with Gasteiger partial charge in [0.05, 0.1) is 13.0 Å². The number of carbonyl (C=O) groups is 3. The van der Waals surface area contributed by atoms with Crippen LogP contribution in [0.2, 0.25) is 0 Å². The lowest BCUT2D eigenvalue weighted by atomic mass is 10.1. The zero-order chi connectivity index (χ0) is 10.7. The number of hydrogen-bond donors (Lipinski definition) is 1. The maximum atomic E-state index is 11.2. The van der Waals surface area contributed by atoms with Crippen molar-refractivity contribution < 1.29 is 19.5 Å². The van der Waals surface area contributed by atoms with Crippen molar-refractivity contribution in [2.75, 3.05) is 6.54 Å². The standard InChI is InChI=1S/C9H13NO4/c1-2-3-7(9(13)14)10-5-6(11)4-8(10)12/h7H,2-5H2,1H3,(H,13,14)/t7-/m0/s1. The van der Waals surface area contributed by atoms with E-state index in [-0.39, 0.29) is 24.7 Å². The molecule has 1 N–H and O–H groups in total. The third-order valence-electron chi connectivity index (χ3n) is 2.24. The smallest absolute Gasteiger partial charge is 0.326 e. The lowest BCUT2D eigenvalue weighted by molar-refractivity contribution is -0.148. The Morgan fingerprint density at radius 3 is 2.57 bits per heavy atom. The van der Waals surface area contributed by atoms with Gasteiger partial charge in [-0.1, -0.05) is 13.3 Å². The largest absolute Gasteiger partial charge is 0.480 e. The van der Waals surface area contributed by atoms with E-state index in [1.54, 1.807) is 0 Å². The van der Waals surface area contributed by atoms with E-state index in [9.17, 15) is 14.4 Å². The first-order valence-corrected chi connectivity index (χ1v) is 4.60. The molecule has 78 valence electrons. The zero-order valence-electron chi connectivity index (χ0n) is 8.02. The number of carboxylic acids is 1. The second-order valence-electron chi connectivity index (χ2n) is 3.38. The molecule has 14 heavy (non-hydrogen) atoms. The zero-order valence-corrected chi connectivity index (χ0v) is 8.02. The number of likely N-dealkylation sites (tertiary alicyclic amines) is 1. The van der Waals surface area contributed by atoms with Gasteiger partial charge in [0.15, 0.2) is 5.78 Å². The number of carboxylic acid groups (broad SMARTS) is 1. The monoisotopic (exact) mass is 199 g/mol. The number of hydrogen-bond acceptors (Lipinski definition) is 3. The summed E-state index contributed by atoms with van der Waals surface area (Å²) in [5, 5.41) is 8.86. The van der Waals surface area contributed by atoms with Crippen LogP contribution in [-0.2, 0) is 14.4 Å². The summed E-state index contributed by atoms with van der Waals surface area (Å²) in [5.41, 5.74) is 0. The van der Waals surface area contributed by atoms with Crippen LogP contribution < -0.4 is 0 Å². The van der Waals surface area contributed by atoms with Crippen molar-refractivity contribution in [3.63, 3.8) is 0 Å². The van der Waals surface area contributed by atoms with Gasteiger partial charge in [-0.3, -0.25) is 9.59 Å². The molecule has 0 aromatic rings. The van der Waals surface area contributed by atoms with Crippen LogP contribution in [0.25, 0.3) is 0 Å². The van der Waals surface area contributed by atoms with E-state index in [1.807, 2.05) is 6.92 Å². The molecule has 1 aliphatic rings. The fraction of sp³-hybridized carbons (Fsp3) is 0.667. The summed E-state index contributed by atoms with van der Waals surface area (Å²) >= 11 is 0. The lowest BCUT2D eigenvalue weighted by Crippen LogP contribution is -2.42. The van der Waals surface area contributed by atoms with Gasteiger partial charge in [-0.2, -0.15) is 0 Å². The summed E-state index contributed by atoms with van der Waals surface area (Å²) in [5.74, 6) is -1.59. The van der Waals surface area contributed by atoms with Crippen molar-refractivity contribution in [1.82, 2.24) is 4.90 Å². The SMILES string of the molecule is CCC[C@@H](C(=O)O)N1CC(=O)CC1=O. The van der Waals surface area contributed by atoms with Gasteiger partial charge < -0.3 is 10.0 Å². The number of nitrogens with zero attached hydrogens (tertiary/aromatic N) is 1. The molecular weight excluding hydrogens is 186 g/mol. The van der Waals surface area contributed by atoms with Crippen LogP contribution in [-0.4, -0.2) is 40.3 Å². The molecule has 0 unspecified atom stereocenters. The molecule has 1 heterocycles. The number of amides is 1. The van der Waals surface area contributed by atoms with Gasteiger partial charge in [-0.05, 0) is 6.42 Å². The summed E-state index contributed by atoms with van der Waals surface area (Å²) < 4.78 is 0. The summed E-state index contributed by atoms with van der Waals surface area (Å²) in [6.45, 7) is 1.80. The highest BCUT2D eigenvalue weighted by atomic mass is 16.4. The van der Waals surface area contributed by atoms with Gasteiger partial charge in [0.25, 0.3) is 0 Å². The predicted molar refractivity (Wildman–Crippen MR) is 47.7 cm³/mol. The highest BCUT2D eigenvalue weighted by molar-refractivity contribution is 6.06. The maximum Gasteiger partial charge on any atom is 0.326 e. The summed E-state index contributed by atoms with van der Waals surface area (Å²) in [6.07, 6.45) is 0.927. The molecule has 1 amide bonds. The molecule has 0 bridgehead atoms. The number of rotatable bonds is 4. The van der Waals surface area contributed by atoms with Crippen LogP contribution in [0.3, 0.4) is 0 Å². The minimum atomic E-state index is -1.03. The van der Waals surface area contributed by atoms with Gasteiger partial charge in [-0.25, -0.2) is 4.79 Å². The summed E-state index contributed by atoms with van der Waals surface area (Å²) in [4.78, 5) is 34.2. The van der Waals surface area contributed by atoms with Crippen molar-refractivity contribution >= 4 is 17.7 Å². The van der Waals surface area contributed by atoms with Crippen molar-refractivity contribution in [3.8, 4) is 0 Å². The van der Waals surface area contributed by atoms with Gasteiger partial charge >= 0.3 is 5.97 Å². The molecule has 0 spiro atoms. The Kier molecular flexibility index (Phi) is 3.22. The second kappa shape index (κ2) is 4.21. The van der Waals surface area contributed by atoms with Gasteiger partial charge in [-0.15, -0.1) is 0 Å². The number of Topliss-reactive ketones (excluding diaryl/α,β-unsaturated/α-hetero) is 1. The number of carbonyl (C=O) groups excluding carboxylic acids is 2. The first kappa shape index (κ1) is 10.7. The fourth-order valence-electron chi connectivity index (χ4n) is 1.57. The molecule has 1 saturated heterocycles. The molecule has 1 rings (SSSR count). The minimum Gasteiger partial charge on any atom is -0.480 e. The molecule has 0 radical (unpaired) electrons. The van der Waals surface area contributed by atoms with E-state index in [2.05, 4.69) is 0 Å². The average Bonchev–Trinajstić information content (AvgIpc) is 2.40. The van der Waals surface area contributed by atoms with E-state index >= 15 is 0 Å². The van der Waals surface area contributed by atoms with Crippen LogP contribution in [0.4, 0.5) is 0 Å². The highest BCUT2D eigenvalue weighted by Crippen LogP contribution is 2.15. The molecule has 5 heteroatoms. The summed E-state index contributed by atoms with van der Waals surface area (Å²) in [6, 6.07) is -0.834. The van der Waals surface area contributed by atoms with E-state index in [4.69, 9.17) is 5.11 Å². The van der Waals surface area contributed by atoms with Crippen LogP contribution in [0, 0.1) is 0 Å². The predicted octanol–water partition coefficient (Wildman–Crippen LogP) is 0.0411. The molecule has 5 nitrogen and oxygen atoms in total. The minimum absolute atomic E-state index is 0.0458. The van der Waals surface area contributed by atoms with Crippen molar-refractivity contribution in [1.29, 1.82) is 0 Å². The Morgan fingerprint density at radius 2 is 2.21 bits per heavy atom. The molecule has 0 saturated carbocycles. The molecule has 0 aliphatic carbocycles. The third-order valence-corrected chi connectivity index (χ3v) is 2.24. The molecule has 1 aliphatic heterocycles. The Labute approximate surface area is 81.7 Å². The fourth-order valence-corrected chi connectivity index (χ4v) is 1.57. The topological polar surface area (TPSA) is 74.7 Å². The Balaban J connectivity index is 2.73. The normalized spacial score (nSPS) is 18.8. The van der Waals surface area contributed by atoms with Gasteiger partial charge in [0.1, 0.15) is 6.04 Å². The first-order chi connectivity index (χ1) is 6.56. The lowest BCUT2D eigenvalue weighted by Gasteiger charge is -2.22. The molecule has 1 fully saturated rings. The first-order valence-electron chi connectivity index (χ1n) is 4.60. The van der Waals surface area contributed by atoms with E-state index in [0.29, 0.717) is 12.8 Å². The second-order valence-corrected chi connectivity index (χ2v) is 3.38. The average molecular weight is 199 g/mol. The van der Waals surface area contributed by atoms with Crippen molar-refractivity contribution in [2.45, 2.75) is 32.2 Å². The van der Waals surface area contributed by atoms with Crippen LogP contribution in [0.5, 0.6) is 0 Å². The van der Waals surface area contributed by atoms with Gasteiger partial charge in [0, 0.05) is 0 Å². The van der Waals surface area contributed by atoms with Crippen molar-refractivity contribution in [2.24, 2.45) is 0 Å². The Bertz CT molecular complexity index is 274. The molecule has 1 atom stereocenters. The van der Waals surface area contributed by atoms with E-state index in [0.717, 1.165) is 4.90 Å². The van der Waals surface area contributed by atoms with E-state index in [1.165, 1.54) is 0 Å². The maximum absolute atomic E-state index is 11.2. The molecular formula is C9H13NO4. The van der Waals surface area contributed by atoms with E-state index < -0.39 is 12.0 Å². The van der Waals surface area contributed by atoms with Crippen LogP contribution >= 0.6 is 0 Å². The molecule has 0 aromatic heterocycles. The third kappa shape index (κ3) is 2.10. The summed E-state index contributed by atoms with van der Waals surface area (Å²) in [7, 11) is 0. The number of ketones is 1. The molecule has 0 aromatic carbocycles. The Morgan fingerprint density at radius 1 is 1.57 bits per heavy atom. The number of aliphatic carboxylic acids is 1.